The molecule has 68 heavy (non-hydrogen) atoms. The third-order valence-corrected chi connectivity index (χ3v) is 12.6. The second-order valence-corrected chi connectivity index (χ2v) is 19.9. The Hall–Kier alpha value is -2.34. The van der Waals surface area contributed by atoms with Crippen molar-refractivity contribution in [2.45, 2.75) is 223 Å². The number of ether oxygens (including phenoxy) is 2. The number of carbonyl (C=O) groups is 2. The molecule has 0 aromatic carbocycles. The molecule has 0 spiro atoms. The van der Waals surface area contributed by atoms with E-state index in [2.05, 4.69) is 36.6 Å². The second kappa shape index (κ2) is 39.3. The van der Waals surface area contributed by atoms with Crippen LogP contribution in [-0.2, 0) is 41.8 Å². The van der Waals surface area contributed by atoms with Gasteiger partial charge in [-0.3, -0.25) is 23.2 Å². The van der Waals surface area contributed by atoms with Crippen molar-refractivity contribution in [1.29, 1.82) is 0 Å². The number of carbonyl (C=O) groups excluding carboxylic acids is 2. The van der Waals surface area contributed by atoms with E-state index in [1.165, 1.54) is 38.5 Å². The molecule has 0 aromatic rings. The van der Waals surface area contributed by atoms with Crippen molar-refractivity contribution in [3.63, 3.8) is 0 Å². The van der Waals surface area contributed by atoms with Crippen LogP contribution >= 0.6 is 15.6 Å². The average Bonchev–Trinajstić information content (AvgIpc) is 3.29. The fourth-order valence-corrected chi connectivity index (χ4v) is 8.75. The van der Waals surface area contributed by atoms with E-state index in [-0.39, 0.29) is 18.9 Å². The molecule has 394 valence electrons. The fraction of sp³-hybridized carbons (Fsp3) is 0.755. The maximum Gasteiger partial charge on any atom is 0.472 e. The molecule has 0 amide bonds. The maximum atomic E-state index is 13.0. The first-order valence-electron chi connectivity index (χ1n) is 24.9. The van der Waals surface area contributed by atoms with E-state index in [4.69, 9.17) is 18.5 Å². The Morgan fingerprint density at radius 2 is 1.00 bits per heavy atom. The molecule has 0 aliphatic heterocycles. The lowest BCUT2D eigenvalue weighted by Gasteiger charge is -2.43. The van der Waals surface area contributed by atoms with Crippen LogP contribution in [0.5, 0.6) is 0 Å². The van der Waals surface area contributed by atoms with Crippen molar-refractivity contribution in [2.24, 2.45) is 0 Å². The number of allylic oxidation sites excluding steroid dienone is 9. The van der Waals surface area contributed by atoms with Crippen molar-refractivity contribution < 1.29 is 82.0 Å². The smallest absolute Gasteiger partial charge is 0.462 e. The summed E-state index contributed by atoms with van der Waals surface area (Å²) in [4.78, 5) is 54.3. The zero-order valence-corrected chi connectivity index (χ0v) is 42.4. The van der Waals surface area contributed by atoms with E-state index in [1.54, 1.807) is 0 Å². The van der Waals surface area contributed by atoms with Gasteiger partial charge in [-0.2, -0.15) is 0 Å². The number of hydrogen-bond acceptors (Lipinski definition) is 14. The van der Waals surface area contributed by atoms with Gasteiger partial charge in [0.25, 0.3) is 0 Å². The Kier molecular flexibility index (Phi) is 36.8. The van der Waals surface area contributed by atoms with E-state index >= 15 is 0 Å². The zero-order valence-electron chi connectivity index (χ0n) is 40.6. The SMILES string of the molecule is CCCCCCCC/C=C\CCCCCCCCCC(=O)O[C@H](COC(=O)CCC/C=C\C/C=C\C/C=C\C/C=C\[C@@H](O)CCCC)COP(=O)(O)O[C@H]1C(O)C(O)C(O)[C@@H](OP(=O)(O)O)C1O. The number of phosphoric acid groups is 2. The summed E-state index contributed by atoms with van der Waals surface area (Å²) in [7, 11) is -10.7. The van der Waals surface area contributed by atoms with Crippen LogP contribution in [0, 0.1) is 0 Å². The molecule has 17 nitrogen and oxygen atoms in total. The lowest BCUT2D eigenvalue weighted by Crippen LogP contribution is -2.64. The van der Waals surface area contributed by atoms with Crippen LogP contribution in [0.4, 0.5) is 0 Å². The lowest BCUT2D eigenvalue weighted by molar-refractivity contribution is -0.216. The Morgan fingerprint density at radius 1 is 0.529 bits per heavy atom. The van der Waals surface area contributed by atoms with Gasteiger partial charge < -0.3 is 49.7 Å². The fourth-order valence-electron chi connectivity index (χ4n) is 7.21. The van der Waals surface area contributed by atoms with Gasteiger partial charge in [-0.25, -0.2) is 9.13 Å². The number of rotatable bonds is 41. The predicted molar refractivity (Wildman–Crippen MR) is 261 cm³/mol. The van der Waals surface area contributed by atoms with Gasteiger partial charge in [0.15, 0.2) is 6.10 Å². The van der Waals surface area contributed by atoms with Crippen LogP contribution in [-0.4, -0.2) is 114 Å². The summed E-state index contributed by atoms with van der Waals surface area (Å²) in [6.07, 6.45) is 27.9. The van der Waals surface area contributed by atoms with E-state index in [1.807, 2.05) is 42.5 Å². The molecule has 0 heterocycles. The summed E-state index contributed by atoms with van der Waals surface area (Å²) in [5, 5.41) is 51.1. The minimum Gasteiger partial charge on any atom is -0.462 e. The maximum absolute atomic E-state index is 13.0. The van der Waals surface area contributed by atoms with Crippen molar-refractivity contribution >= 4 is 27.6 Å². The van der Waals surface area contributed by atoms with Gasteiger partial charge in [0.1, 0.15) is 43.2 Å². The second-order valence-electron chi connectivity index (χ2n) is 17.3. The lowest BCUT2D eigenvalue weighted by atomic mass is 9.85. The van der Waals surface area contributed by atoms with Gasteiger partial charge in [-0.1, -0.05) is 152 Å². The number of unbranched alkanes of at least 4 members (excludes halogenated alkanes) is 15. The number of hydrogen-bond donors (Lipinski definition) is 8. The standard InChI is InChI=1S/C49H86O17P2/c1-3-5-7-8-9-10-11-12-13-14-15-16-21-24-27-30-33-37-43(52)64-41(39-63-68(60,61)66-49-46(55)44(53)45(54)48(47(49)56)65-67(57,58)59)38-62-42(51)36-32-29-26-23-20-18-17-19-22-25-28-31-35-40(50)34-6-4-2/h12-13,17-18,22-23,25-26,31,35,40-41,44-50,53-56H,3-11,14-16,19-21,24,27-30,32-34,36-39H2,1-2H3,(H,60,61)(H2,57,58,59)/b13-12-,18-17-,25-22-,26-23-,35-31-/t40-,41+,44?,45?,46?,47?,48+,49-/m0/s1. The first kappa shape index (κ1) is 63.7. The number of aliphatic hydroxyl groups is 5. The molecular formula is C49H86O17P2. The van der Waals surface area contributed by atoms with Gasteiger partial charge in [0.05, 0.1) is 12.7 Å². The van der Waals surface area contributed by atoms with Crippen LogP contribution in [0.25, 0.3) is 0 Å². The Morgan fingerprint density at radius 3 is 1.57 bits per heavy atom. The van der Waals surface area contributed by atoms with Crippen LogP contribution in [0.2, 0.25) is 0 Å². The summed E-state index contributed by atoms with van der Waals surface area (Å²) in [6.45, 7) is 2.91. The molecule has 5 unspecified atom stereocenters. The zero-order chi connectivity index (χ0) is 50.5. The average molecular weight is 1010 g/mol. The molecule has 1 aliphatic rings. The number of esters is 2. The minimum absolute atomic E-state index is 0.0175. The van der Waals surface area contributed by atoms with Crippen LogP contribution in [0.15, 0.2) is 60.8 Å². The molecule has 8 N–H and O–H groups in total. The van der Waals surface area contributed by atoms with E-state index in [0.29, 0.717) is 25.7 Å². The molecule has 0 saturated heterocycles. The first-order chi connectivity index (χ1) is 32.5. The molecule has 1 saturated carbocycles. The third-order valence-electron chi connectivity index (χ3n) is 11.1. The number of aliphatic hydroxyl groups excluding tert-OH is 5. The normalized spacial score (nSPS) is 22.2. The molecule has 0 aromatic heterocycles. The molecule has 1 rings (SSSR count). The van der Waals surface area contributed by atoms with E-state index < -0.39 is 83.5 Å². The van der Waals surface area contributed by atoms with Crippen molar-refractivity contribution in [1.82, 2.24) is 0 Å². The van der Waals surface area contributed by atoms with Crippen LogP contribution in [0.3, 0.4) is 0 Å². The van der Waals surface area contributed by atoms with E-state index in [9.17, 15) is 58.9 Å². The molecule has 0 radical (unpaired) electrons. The minimum atomic E-state index is -5.38. The molecule has 19 heteroatoms. The molecule has 1 aliphatic carbocycles. The van der Waals surface area contributed by atoms with Crippen LogP contribution in [0.1, 0.15) is 174 Å². The quantitative estimate of drug-likeness (QED) is 0.0123. The summed E-state index contributed by atoms with van der Waals surface area (Å²) >= 11 is 0. The van der Waals surface area contributed by atoms with Crippen molar-refractivity contribution in [3.8, 4) is 0 Å². The first-order valence-corrected chi connectivity index (χ1v) is 28.0. The van der Waals surface area contributed by atoms with Gasteiger partial charge in [0.2, 0.25) is 0 Å². The summed E-state index contributed by atoms with van der Waals surface area (Å²) in [5.74, 6) is -1.30. The molecule has 0 bridgehead atoms. The highest BCUT2D eigenvalue weighted by Crippen LogP contribution is 2.49. The Bertz CT molecular complexity index is 1560. The van der Waals surface area contributed by atoms with Crippen molar-refractivity contribution in [2.75, 3.05) is 13.2 Å². The Balaban J connectivity index is 2.62. The summed E-state index contributed by atoms with van der Waals surface area (Å²) < 4.78 is 49.4. The van der Waals surface area contributed by atoms with Crippen molar-refractivity contribution in [3.05, 3.63) is 60.8 Å². The van der Waals surface area contributed by atoms with Gasteiger partial charge in [-0.15, -0.1) is 0 Å². The molecule has 9 atom stereocenters. The largest absolute Gasteiger partial charge is 0.472 e. The number of phosphoric ester groups is 2. The topological polar surface area (TPSA) is 276 Å². The van der Waals surface area contributed by atoms with Gasteiger partial charge in [-0.05, 0) is 70.6 Å². The Labute approximate surface area is 405 Å². The van der Waals surface area contributed by atoms with Crippen LogP contribution < -0.4 is 0 Å². The summed E-state index contributed by atoms with van der Waals surface area (Å²) in [6, 6.07) is 0. The molecule has 1 fully saturated rings. The summed E-state index contributed by atoms with van der Waals surface area (Å²) in [5.41, 5.74) is 0. The molecular weight excluding hydrogens is 922 g/mol. The highest BCUT2D eigenvalue weighted by atomic mass is 31.2. The third kappa shape index (κ3) is 33.3. The monoisotopic (exact) mass is 1010 g/mol. The van der Waals surface area contributed by atoms with Gasteiger partial charge >= 0.3 is 27.6 Å². The highest BCUT2D eigenvalue weighted by molar-refractivity contribution is 7.47. The van der Waals surface area contributed by atoms with E-state index in [0.717, 1.165) is 83.5 Å². The van der Waals surface area contributed by atoms with Gasteiger partial charge in [0, 0.05) is 12.8 Å². The predicted octanol–water partition coefficient (Wildman–Crippen LogP) is 8.81. The highest BCUT2D eigenvalue weighted by Gasteiger charge is 2.54.